The molecular formula is C42H39N. The van der Waals surface area contributed by atoms with Crippen LogP contribution in [0.3, 0.4) is 0 Å². The Morgan fingerprint density at radius 1 is 0.674 bits per heavy atom. The van der Waals surface area contributed by atoms with E-state index in [0.29, 0.717) is 23.8 Å². The highest BCUT2D eigenvalue weighted by Crippen LogP contribution is 2.55. The van der Waals surface area contributed by atoms with Gasteiger partial charge in [0.15, 0.2) is 0 Å². The van der Waals surface area contributed by atoms with Gasteiger partial charge in [0, 0.05) is 29.1 Å². The third-order valence-corrected chi connectivity index (χ3v) is 11.0. The van der Waals surface area contributed by atoms with Crippen molar-refractivity contribution in [3.8, 4) is 0 Å². The molecule has 2 aromatic carbocycles. The lowest BCUT2D eigenvalue weighted by atomic mass is 9.66. The molecule has 1 aliphatic heterocycles. The van der Waals surface area contributed by atoms with Crippen molar-refractivity contribution in [2.45, 2.75) is 63.3 Å². The lowest BCUT2D eigenvalue weighted by Crippen LogP contribution is -2.36. The normalized spacial score (nSPS) is 28.7. The average Bonchev–Trinajstić information content (AvgIpc) is 3.42. The first-order valence-corrected chi connectivity index (χ1v) is 16.6. The fourth-order valence-corrected chi connectivity index (χ4v) is 9.16. The molecule has 0 spiro atoms. The predicted molar refractivity (Wildman–Crippen MR) is 180 cm³/mol. The predicted octanol–water partition coefficient (Wildman–Crippen LogP) is 10.5. The van der Waals surface area contributed by atoms with Crippen molar-refractivity contribution < 1.29 is 0 Å². The summed E-state index contributed by atoms with van der Waals surface area (Å²) in [4.78, 5) is 2.72. The average molecular weight is 558 g/mol. The standard InChI is InChI=1S/C42H39N/c1-2-12-29(13-3-1)38-27-31-24-25-40-42(41(31)36-20-7-6-19-35(36)38)37-21-8-9-23-39(37)43(40)32-17-10-16-30(26-32)34-22-11-15-28-14-4-5-18-33(28)34/h1-4,7-8,10-14,16-17,20-22,24-26,28,38,40,42H,5-6,9,15,18-19,23,27H2. The van der Waals surface area contributed by atoms with Gasteiger partial charge < -0.3 is 4.90 Å². The van der Waals surface area contributed by atoms with Crippen LogP contribution in [0.25, 0.3) is 5.57 Å². The summed E-state index contributed by atoms with van der Waals surface area (Å²) in [5.74, 6) is 1.46. The second kappa shape index (κ2) is 10.3. The Labute approximate surface area is 256 Å². The van der Waals surface area contributed by atoms with E-state index in [4.69, 9.17) is 0 Å². The molecule has 212 valence electrons. The Morgan fingerprint density at radius 3 is 2.47 bits per heavy atom. The van der Waals surface area contributed by atoms with E-state index in [2.05, 4.69) is 120 Å². The molecule has 0 saturated heterocycles. The molecule has 0 N–H and O–H groups in total. The number of hydrogen-bond acceptors (Lipinski definition) is 1. The zero-order valence-electron chi connectivity index (χ0n) is 24.9. The first-order chi connectivity index (χ1) is 21.3. The monoisotopic (exact) mass is 557 g/mol. The number of allylic oxidation sites excluding steroid dienone is 15. The largest absolute Gasteiger partial charge is 0.337 e. The first kappa shape index (κ1) is 25.4. The van der Waals surface area contributed by atoms with Gasteiger partial charge in [-0.05, 0) is 102 Å². The summed E-state index contributed by atoms with van der Waals surface area (Å²) in [7, 11) is 0. The smallest absolute Gasteiger partial charge is 0.0632 e. The minimum Gasteiger partial charge on any atom is -0.337 e. The van der Waals surface area contributed by atoms with Crippen molar-refractivity contribution in [3.05, 3.63) is 166 Å². The van der Waals surface area contributed by atoms with Crippen molar-refractivity contribution in [1.82, 2.24) is 0 Å². The maximum Gasteiger partial charge on any atom is 0.0632 e. The van der Waals surface area contributed by atoms with Gasteiger partial charge in [0.1, 0.15) is 0 Å². The zero-order valence-corrected chi connectivity index (χ0v) is 24.9. The fraction of sp³-hybridized carbons (Fsp3) is 0.286. The molecule has 0 radical (unpaired) electrons. The van der Waals surface area contributed by atoms with E-state index in [9.17, 15) is 0 Å². The molecule has 6 aliphatic carbocycles. The van der Waals surface area contributed by atoms with E-state index in [1.807, 2.05) is 0 Å². The Hall–Kier alpha value is -4.10. The summed E-state index contributed by atoms with van der Waals surface area (Å²) in [5.41, 5.74) is 16.8. The van der Waals surface area contributed by atoms with Crippen LogP contribution in [0.5, 0.6) is 0 Å². The molecule has 43 heavy (non-hydrogen) atoms. The highest BCUT2D eigenvalue weighted by atomic mass is 15.2. The van der Waals surface area contributed by atoms with E-state index in [-0.39, 0.29) is 0 Å². The SMILES string of the molecule is C1=CC2CC=CC(c3cccc(N4C5=C(C=CCC5)C5C6=C(C=CC54)CC(c4ccccc4)C4=C6C=CCC4)c3)=C2CC1. The van der Waals surface area contributed by atoms with Crippen LogP contribution in [-0.2, 0) is 0 Å². The second-order valence-electron chi connectivity index (χ2n) is 13.2. The lowest BCUT2D eigenvalue weighted by Gasteiger charge is -2.40. The Morgan fingerprint density at radius 2 is 1.51 bits per heavy atom. The highest BCUT2D eigenvalue weighted by Gasteiger charge is 2.46. The van der Waals surface area contributed by atoms with Crippen LogP contribution in [0.2, 0.25) is 0 Å². The van der Waals surface area contributed by atoms with Gasteiger partial charge in [-0.25, -0.2) is 0 Å². The van der Waals surface area contributed by atoms with Crippen molar-refractivity contribution in [2.75, 3.05) is 4.90 Å². The van der Waals surface area contributed by atoms with E-state index in [1.165, 1.54) is 52.9 Å². The number of anilines is 1. The first-order valence-electron chi connectivity index (χ1n) is 16.6. The molecule has 0 amide bonds. The molecule has 4 unspecified atom stereocenters. The van der Waals surface area contributed by atoms with Gasteiger partial charge in [-0.1, -0.05) is 114 Å². The van der Waals surface area contributed by atoms with Crippen molar-refractivity contribution in [2.24, 2.45) is 11.8 Å². The van der Waals surface area contributed by atoms with Gasteiger partial charge in [0.25, 0.3) is 0 Å². The molecule has 9 rings (SSSR count). The molecule has 0 fully saturated rings. The van der Waals surface area contributed by atoms with Gasteiger partial charge in [0.2, 0.25) is 0 Å². The fourth-order valence-electron chi connectivity index (χ4n) is 9.16. The number of fused-ring (bicyclic) bond motifs is 5. The van der Waals surface area contributed by atoms with Crippen LogP contribution in [0.15, 0.2) is 154 Å². The van der Waals surface area contributed by atoms with Gasteiger partial charge in [-0.15, -0.1) is 0 Å². The molecule has 0 saturated carbocycles. The minimum atomic E-state index is 0.323. The molecule has 2 aromatic rings. The van der Waals surface area contributed by atoms with Gasteiger partial charge in [0.05, 0.1) is 6.04 Å². The molecule has 1 nitrogen and oxygen atoms in total. The van der Waals surface area contributed by atoms with Crippen molar-refractivity contribution in [3.63, 3.8) is 0 Å². The third kappa shape index (κ3) is 4.04. The molecule has 1 heteroatoms. The number of hydrogen-bond donors (Lipinski definition) is 0. The Balaban J connectivity index is 1.14. The van der Waals surface area contributed by atoms with E-state index >= 15 is 0 Å². The van der Waals surface area contributed by atoms with Crippen LogP contribution in [0, 0.1) is 11.8 Å². The van der Waals surface area contributed by atoms with E-state index in [0.717, 1.165) is 32.1 Å². The van der Waals surface area contributed by atoms with Gasteiger partial charge >= 0.3 is 0 Å². The van der Waals surface area contributed by atoms with Crippen LogP contribution >= 0.6 is 0 Å². The summed E-state index contributed by atoms with van der Waals surface area (Å²) >= 11 is 0. The topological polar surface area (TPSA) is 3.24 Å². The lowest BCUT2D eigenvalue weighted by molar-refractivity contribution is 0.610. The number of nitrogens with zero attached hydrogens (tertiary/aromatic N) is 1. The van der Waals surface area contributed by atoms with Gasteiger partial charge in [-0.2, -0.15) is 0 Å². The van der Waals surface area contributed by atoms with Gasteiger partial charge in [-0.3, -0.25) is 0 Å². The molecule has 0 aromatic heterocycles. The summed E-state index contributed by atoms with van der Waals surface area (Å²) in [6.07, 6.45) is 33.7. The molecule has 0 bridgehead atoms. The molecule has 4 atom stereocenters. The zero-order chi connectivity index (χ0) is 28.3. The summed E-state index contributed by atoms with van der Waals surface area (Å²) in [5, 5.41) is 0. The minimum absolute atomic E-state index is 0.323. The summed E-state index contributed by atoms with van der Waals surface area (Å²) in [6, 6.07) is 21.1. The molecular weight excluding hydrogens is 518 g/mol. The van der Waals surface area contributed by atoms with E-state index < -0.39 is 0 Å². The third-order valence-electron chi connectivity index (χ3n) is 11.0. The summed E-state index contributed by atoms with van der Waals surface area (Å²) < 4.78 is 0. The quantitative estimate of drug-likeness (QED) is 0.339. The van der Waals surface area contributed by atoms with Crippen molar-refractivity contribution >= 4 is 11.3 Å². The second-order valence-corrected chi connectivity index (χ2v) is 13.2. The van der Waals surface area contributed by atoms with E-state index in [1.54, 1.807) is 27.9 Å². The number of benzene rings is 2. The number of rotatable bonds is 3. The Kier molecular flexibility index (Phi) is 6.06. The maximum absolute atomic E-state index is 2.72. The maximum atomic E-state index is 2.72. The molecule has 1 heterocycles. The molecule has 7 aliphatic rings. The van der Waals surface area contributed by atoms with Crippen molar-refractivity contribution in [1.29, 1.82) is 0 Å². The van der Waals surface area contributed by atoms with Crippen LogP contribution in [0.4, 0.5) is 5.69 Å². The highest BCUT2D eigenvalue weighted by molar-refractivity contribution is 5.81. The van der Waals surface area contributed by atoms with Crippen LogP contribution < -0.4 is 4.90 Å². The summed E-state index contributed by atoms with van der Waals surface area (Å²) in [6.45, 7) is 0. The van der Waals surface area contributed by atoms with Crippen LogP contribution in [0.1, 0.15) is 68.4 Å². The van der Waals surface area contributed by atoms with Crippen LogP contribution in [-0.4, -0.2) is 6.04 Å². The Bertz CT molecular complexity index is 1780.